The van der Waals surface area contributed by atoms with Gasteiger partial charge in [-0.15, -0.1) is 0 Å². The van der Waals surface area contributed by atoms with Crippen LogP contribution in [0.15, 0.2) is 85.1 Å². The van der Waals surface area contributed by atoms with Gasteiger partial charge in [0.2, 0.25) is 0 Å². The minimum atomic E-state index is -1.11. The van der Waals surface area contributed by atoms with Gasteiger partial charge in [-0.05, 0) is 73.1 Å². The second-order valence-electron chi connectivity index (χ2n) is 14.4. The Morgan fingerprint density at radius 1 is 0.907 bits per heavy atom. The molecule has 0 fully saturated rings. The van der Waals surface area contributed by atoms with Gasteiger partial charge < -0.3 is 23.9 Å². The maximum absolute atomic E-state index is 13.7. The first-order valence-electron chi connectivity index (χ1n) is 18.2. The summed E-state index contributed by atoms with van der Waals surface area (Å²) in [5, 5.41) is 0. The van der Waals surface area contributed by atoms with Crippen molar-refractivity contribution < 1.29 is 38.1 Å². The number of ether oxygens (including phenoxy) is 4. The van der Waals surface area contributed by atoms with E-state index in [9.17, 15) is 19.2 Å². The minimum Gasteiger partial charge on any atom is -0.469 e. The number of aromatic nitrogens is 1. The Kier molecular flexibility index (Phi) is 10.8. The molecule has 284 valence electrons. The fourth-order valence-corrected chi connectivity index (χ4v) is 8.58. The lowest BCUT2D eigenvalue weighted by Gasteiger charge is -2.37. The normalized spacial score (nSPS) is 24.4. The van der Waals surface area contributed by atoms with Gasteiger partial charge in [-0.25, -0.2) is 4.79 Å². The zero-order chi connectivity index (χ0) is 39.1. The molecule has 0 aromatic carbocycles. The highest BCUT2D eigenvalue weighted by atomic mass is 16.5. The van der Waals surface area contributed by atoms with Gasteiger partial charge in [-0.3, -0.25) is 29.4 Å². The second-order valence-corrected chi connectivity index (χ2v) is 14.4. The number of nitrogens with zero attached hydrogens (tertiary/aromatic N) is 3. The van der Waals surface area contributed by atoms with E-state index in [1.54, 1.807) is 6.08 Å². The number of carbonyl (C=O) groups excluding carboxylic acids is 4. The largest absolute Gasteiger partial charge is 0.469 e. The highest BCUT2D eigenvalue weighted by Crippen LogP contribution is 2.55. The number of rotatable bonds is 9. The van der Waals surface area contributed by atoms with E-state index in [2.05, 4.69) is 25.4 Å². The zero-order valence-corrected chi connectivity index (χ0v) is 32.3. The van der Waals surface area contributed by atoms with Gasteiger partial charge in [-0.1, -0.05) is 31.7 Å². The molecule has 1 aliphatic carbocycles. The Bertz CT molecular complexity index is 2100. The van der Waals surface area contributed by atoms with Gasteiger partial charge >= 0.3 is 23.9 Å². The fraction of sp³-hybridized carbons (Fsp3) is 0.452. The van der Waals surface area contributed by atoms with Crippen LogP contribution in [0.2, 0.25) is 0 Å². The Hall–Kier alpha value is -5.39. The van der Waals surface area contributed by atoms with Gasteiger partial charge in [0, 0.05) is 66.5 Å². The molecule has 12 nitrogen and oxygen atoms in total. The predicted octanol–water partition coefficient (Wildman–Crippen LogP) is 5.71. The van der Waals surface area contributed by atoms with Crippen molar-refractivity contribution in [2.24, 2.45) is 32.2 Å². The standard InChI is InChI=1S/C42H48N4O8/c1-10-24-21(2)30-18-35-28-14-11-27(40(49)53-8)39(41(50)54-9)42(28,5)36(46-35)20-31-23(4)26(13-16-38(48)52-7)34(45-31)19-33-25(12-15-37(47)51-6)22(3)29(44-33)17-32(24)43-30/h10-11,14,20-21,31,39,44H,1,12-13,15-19H2,2-9H3/t21?,31?,39-,42+/m0/s1. The molecule has 5 aliphatic rings. The quantitative estimate of drug-likeness (QED) is 0.249. The number of H-pyrrole nitrogens is 1. The number of aromatic amines is 1. The number of esters is 4. The van der Waals surface area contributed by atoms with Crippen LogP contribution in [0.5, 0.6) is 0 Å². The maximum atomic E-state index is 13.7. The second kappa shape index (κ2) is 15.2. The predicted molar refractivity (Wildman–Crippen MR) is 204 cm³/mol. The van der Waals surface area contributed by atoms with Crippen LogP contribution in [0.25, 0.3) is 0 Å². The molecule has 2 unspecified atom stereocenters. The van der Waals surface area contributed by atoms with Gasteiger partial charge in [0.25, 0.3) is 0 Å². The third-order valence-corrected chi connectivity index (χ3v) is 11.7. The minimum absolute atomic E-state index is 0.0467. The van der Waals surface area contributed by atoms with Crippen molar-refractivity contribution in [3.63, 3.8) is 0 Å². The SMILES string of the molecule is C=CC1=C2Cc3[nH]c(c(CCC(=O)OC)c3C)CC3=NC(C=C4N=C(CC(=N2)C1C)C1=CC=C(C(=O)OC)[C@@H](C(=O)OC)[C@@]41C)C(C)=C3CCC(=O)OC. The van der Waals surface area contributed by atoms with Crippen molar-refractivity contribution in [1.82, 2.24) is 4.98 Å². The van der Waals surface area contributed by atoms with Gasteiger partial charge in [0.05, 0.1) is 56.9 Å². The molecular formula is C42H48N4O8. The van der Waals surface area contributed by atoms with E-state index >= 15 is 0 Å². The highest BCUT2D eigenvalue weighted by Gasteiger charge is 2.55. The molecule has 12 heteroatoms. The summed E-state index contributed by atoms with van der Waals surface area (Å²) in [5.41, 5.74) is 10.6. The summed E-state index contributed by atoms with van der Waals surface area (Å²) in [6.45, 7) is 12.2. The average Bonchev–Trinajstić information content (AvgIpc) is 3.82. The first kappa shape index (κ1) is 38.3. The van der Waals surface area contributed by atoms with Crippen LogP contribution in [-0.2, 0) is 57.4 Å². The van der Waals surface area contributed by atoms with Crippen molar-refractivity contribution in [2.75, 3.05) is 28.4 Å². The van der Waals surface area contributed by atoms with E-state index in [1.807, 2.05) is 32.1 Å². The van der Waals surface area contributed by atoms with Crippen molar-refractivity contribution in [3.8, 4) is 0 Å². The topological polar surface area (TPSA) is 158 Å². The number of fused-ring (bicyclic) bond motifs is 8. The summed E-state index contributed by atoms with van der Waals surface area (Å²) in [7, 11) is 5.35. The number of nitrogens with one attached hydrogen (secondary N) is 1. The summed E-state index contributed by atoms with van der Waals surface area (Å²) in [6, 6.07) is -0.486. The monoisotopic (exact) mass is 736 g/mol. The lowest BCUT2D eigenvalue weighted by molar-refractivity contribution is -0.150. The summed E-state index contributed by atoms with van der Waals surface area (Å²) < 4.78 is 20.5. The van der Waals surface area contributed by atoms with Crippen LogP contribution >= 0.6 is 0 Å². The van der Waals surface area contributed by atoms with E-state index in [0.717, 1.165) is 67.6 Å². The van der Waals surface area contributed by atoms with Gasteiger partial charge in [0.15, 0.2) is 0 Å². The molecular weight excluding hydrogens is 688 g/mol. The van der Waals surface area contributed by atoms with Crippen molar-refractivity contribution in [3.05, 3.63) is 92.7 Å². The zero-order valence-electron chi connectivity index (χ0n) is 32.3. The van der Waals surface area contributed by atoms with E-state index in [0.29, 0.717) is 37.8 Å². The van der Waals surface area contributed by atoms with Gasteiger partial charge in [0.1, 0.15) is 5.92 Å². The molecule has 6 rings (SSSR count). The number of aliphatic imine (C=N–C) groups is 3. The Morgan fingerprint density at radius 3 is 2.26 bits per heavy atom. The smallest absolute Gasteiger partial charge is 0.334 e. The molecule has 0 spiro atoms. The lowest BCUT2D eigenvalue weighted by atomic mass is 9.63. The molecule has 8 bridgehead atoms. The summed E-state index contributed by atoms with van der Waals surface area (Å²) in [6.07, 6.45) is 9.90. The number of carbonyl (C=O) groups is 4. The average molecular weight is 737 g/mol. The molecule has 54 heavy (non-hydrogen) atoms. The van der Waals surface area contributed by atoms with Crippen molar-refractivity contribution in [2.45, 2.75) is 78.7 Å². The molecule has 1 N–H and O–H groups in total. The van der Waals surface area contributed by atoms with E-state index in [-0.39, 0.29) is 36.3 Å². The highest BCUT2D eigenvalue weighted by molar-refractivity contribution is 6.18. The molecule has 0 radical (unpaired) electrons. The van der Waals surface area contributed by atoms with E-state index in [4.69, 9.17) is 33.9 Å². The first-order chi connectivity index (χ1) is 25.8. The first-order valence-corrected chi connectivity index (χ1v) is 18.2. The van der Waals surface area contributed by atoms with Crippen LogP contribution < -0.4 is 0 Å². The summed E-state index contributed by atoms with van der Waals surface area (Å²) in [4.78, 5) is 71.1. The molecule has 1 aromatic heterocycles. The molecule has 0 saturated heterocycles. The van der Waals surface area contributed by atoms with Crippen molar-refractivity contribution in [1.29, 1.82) is 0 Å². The molecule has 0 saturated carbocycles. The van der Waals surface area contributed by atoms with Gasteiger partial charge in [-0.2, -0.15) is 0 Å². The molecule has 4 atom stereocenters. The summed E-state index contributed by atoms with van der Waals surface area (Å²) >= 11 is 0. The number of hydrogen-bond acceptors (Lipinski definition) is 11. The number of allylic oxidation sites excluding steroid dienone is 7. The molecule has 4 aliphatic heterocycles. The number of hydrogen-bond donors (Lipinski definition) is 1. The van der Waals surface area contributed by atoms with Crippen LogP contribution in [0.3, 0.4) is 0 Å². The lowest BCUT2D eigenvalue weighted by Crippen LogP contribution is -2.41. The van der Waals surface area contributed by atoms with Crippen LogP contribution in [0.4, 0.5) is 0 Å². The Morgan fingerprint density at radius 2 is 1.61 bits per heavy atom. The van der Waals surface area contributed by atoms with Crippen molar-refractivity contribution >= 4 is 41.0 Å². The van der Waals surface area contributed by atoms with E-state index < -0.39 is 29.3 Å². The Labute approximate surface area is 315 Å². The molecule has 1 aromatic rings. The Balaban J connectivity index is 1.58. The molecule has 5 heterocycles. The van der Waals surface area contributed by atoms with Crippen LogP contribution in [0.1, 0.15) is 69.0 Å². The fourth-order valence-electron chi connectivity index (χ4n) is 8.58. The van der Waals surface area contributed by atoms with Crippen LogP contribution in [0, 0.1) is 24.2 Å². The summed E-state index contributed by atoms with van der Waals surface area (Å²) in [5.74, 6) is -2.94. The van der Waals surface area contributed by atoms with E-state index in [1.165, 1.54) is 28.4 Å². The number of methoxy groups -OCH3 is 4. The third-order valence-electron chi connectivity index (χ3n) is 11.7. The third kappa shape index (κ3) is 6.56. The van der Waals surface area contributed by atoms with Crippen LogP contribution in [-0.4, -0.2) is 80.5 Å². The maximum Gasteiger partial charge on any atom is 0.334 e. The molecule has 0 amide bonds.